The Kier molecular flexibility index (Phi) is 3.30. The van der Waals surface area contributed by atoms with E-state index < -0.39 is 0 Å². The van der Waals surface area contributed by atoms with Gasteiger partial charge in [0, 0.05) is 29.6 Å². The lowest BCUT2D eigenvalue weighted by Gasteiger charge is -2.34. The average molecular weight is 315 g/mol. The molecule has 2 unspecified atom stereocenters. The van der Waals surface area contributed by atoms with Crippen LogP contribution < -0.4 is 0 Å². The van der Waals surface area contributed by atoms with E-state index in [1.807, 2.05) is 12.3 Å². The van der Waals surface area contributed by atoms with Crippen molar-refractivity contribution in [3.8, 4) is 0 Å². The molecule has 2 aliphatic heterocycles. The number of fused-ring (bicyclic) bond motifs is 3. The van der Waals surface area contributed by atoms with Gasteiger partial charge in [-0.2, -0.15) is 0 Å². The van der Waals surface area contributed by atoms with Crippen molar-refractivity contribution in [2.24, 2.45) is 0 Å². The average Bonchev–Trinajstić information content (AvgIpc) is 3.14. The van der Waals surface area contributed by atoms with Crippen molar-refractivity contribution in [2.45, 2.75) is 37.9 Å². The van der Waals surface area contributed by atoms with Crippen molar-refractivity contribution < 1.29 is 4.42 Å². The Balaban J connectivity index is 1.46. The zero-order valence-electron chi connectivity index (χ0n) is 13.7. The SMILES string of the molecule is C1=C(c2coc3ccccc23)CC2CCC1N2Cc1ccccc1. The first-order chi connectivity index (χ1) is 11.9. The molecule has 0 aliphatic carbocycles. The third-order valence-corrected chi connectivity index (χ3v) is 5.57. The Morgan fingerprint density at radius 1 is 0.958 bits per heavy atom. The van der Waals surface area contributed by atoms with Crippen LogP contribution in [-0.4, -0.2) is 17.0 Å². The molecule has 0 saturated carbocycles. The monoisotopic (exact) mass is 315 g/mol. The summed E-state index contributed by atoms with van der Waals surface area (Å²) in [5.74, 6) is 0. The number of hydrogen-bond donors (Lipinski definition) is 0. The lowest BCUT2D eigenvalue weighted by atomic mass is 9.94. The Morgan fingerprint density at radius 3 is 2.67 bits per heavy atom. The fraction of sp³-hybridized carbons (Fsp3) is 0.273. The van der Waals surface area contributed by atoms with Gasteiger partial charge < -0.3 is 4.42 Å². The second kappa shape index (κ2) is 5.64. The van der Waals surface area contributed by atoms with Crippen LogP contribution in [0.2, 0.25) is 0 Å². The maximum atomic E-state index is 5.76. The molecule has 3 heterocycles. The summed E-state index contributed by atoms with van der Waals surface area (Å²) in [6, 6.07) is 20.4. The predicted octanol–water partition coefficient (Wildman–Crippen LogP) is 5.25. The molecule has 24 heavy (non-hydrogen) atoms. The zero-order valence-corrected chi connectivity index (χ0v) is 13.7. The summed E-state index contributed by atoms with van der Waals surface area (Å²) < 4.78 is 5.76. The Labute approximate surface area is 142 Å². The summed E-state index contributed by atoms with van der Waals surface area (Å²) in [7, 11) is 0. The highest BCUT2D eigenvalue weighted by molar-refractivity contribution is 5.91. The van der Waals surface area contributed by atoms with Gasteiger partial charge in [-0.25, -0.2) is 0 Å². The summed E-state index contributed by atoms with van der Waals surface area (Å²) in [6.07, 6.45) is 8.14. The molecule has 1 aromatic heterocycles. The Hall–Kier alpha value is -2.32. The van der Waals surface area contributed by atoms with Crippen LogP contribution in [0, 0.1) is 0 Å². The maximum absolute atomic E-state index is 5.76. The molecule has 2 nitrogen and oxygen atoms in total. The highest BCUT2D eigenvalue weighted by atomic mass is 16.3. The second-order valence-electron chi connectivity index (χ2n) is 7.00. The van der Waals surface area contributed by atoms with Crippen molar-refractivity contribution >= 4 is 16.5 Å². The Bertz CT molecular complexity index is 892. The van der Waals surface area contributed by atoms with Crippen LogP contribution in [0.3, 0.4) is 0 Å². The van der Waals surface area contributed by atoms with Gasteiger partial charge in [0.05, 0.1) is 6.26 Å². The number of benzene rings is 2. The molecule has 1 saturated heterocycles. The van der Waals surface area contributed by atoms with Gasteiger partial charge in [-0.1, -0.05) is 54.6 Å². The topological polar surface area (TPSA) is 16.4 Å². The minimum atomic E-state index is 0.563. The molecule has 1 fully saturated rings. The first kappa shape index (κ1) is 14.1. The van der Waals surface area contributed by atoms with Crippen LogP contribution in [0.1, 0.15) is 30.4 Å². The molecule has 120 valence electrons. The summed E-state index contributed by atoms with van der Waals surface area (Å²) in [5.41, 5.74) is 5.17. The molecule has 0 spiro atoms. The third kappa shape index (κ3) is 2.30. The third-order valence-electron chi connectivity index (χ3n) is 5.57. The lowest BCUT2D eigenvalue weighted by Crippen LogP contribution is -2.37. The molecule has 3 aromatic rings. The standard InChI is InChI=1S/C22H21NO/c1-2-6-16(7-3-1)14-23-18-10-11-19(23)13-17(12-18)21-15-24-22-9-5-4-8-20(21)22/h1-9,12,15,18-19H,10-11,13-14H2. The van der Waals surface area contributed by atoms with E-state index >= 15 is 0 Å². The van der Waals surface area contributed by atoms with E-state index in [4.69, 9.17) is 4.42 Å². The van der Waals surface area contributed by atoms with Crippen LogP contribution in [0.5, 0.6) is 0 Å². The van der Waals surface area contributed by atoms with E-state index in [9.17, 15) is 0 Å². The summed E-state index contributed by atoms with van der Waals surface area (Å²) >= 11 is 0. The highest BCUT2D eigenvalue weighted by Gasteiger charge is 2.37. The molecular formula is C22H21NO. The smallest absolute Gasteiger partial charge is 0.134 e. The summed E-state index contributed by atoms with van der Waals surface area (Å²) in [5, 5.41) is 1.25. The number of nitrogens with zero attached hydrogens (tertiary/aromatic N) is 1. The normalized spacial score (nSPS) is 23.6. The van der Waals surface area contributed by atoms with Crippen molar-refractivity contribution in [2.75, 3.05) is 0 Å². The van der Waals surface area contributed by atoms with Gasteiger partial charge in [0.15, 0.2) is 0 Å². The van der Waals surface area contributed by atoms with Gasteiger partial charge in [-0.15, -0.1) is 0 Å². The largest absolute Gasteiger partial charge is 0.464 e. The predicted molar refractivity (Wildman–Crippen MR) is 97.6 cm³/mol. The molecule has 2 heteroatoms. The van der Waals surface area contributed by atoms with Crippen molar-refractivity contribution in [1.82, 2.24) is 4.90 Å². The second-order valence-corrected chi connectivity index (χ2v) is 7.00. The molecule has 0 radical (unpaired) electrons. The van der Waals surface area contributed by atoms with Crippen molar-refractivity contribution in [3.63, 3.8) is 0 Å². The van der Waals surface area contributed by atoms with Crippen LogP contribution in [0.15, 0.2) is 71.4 Å². The van der Waals surface area contributed by atoms with Gasteiger partial charge in [0.2, 0.25) is 0 Å². The van der Waals surface area contributed by atoms with Crippen LogP contribution in [0.4, 0.5) is 0 Å². The molecule has 2 aliphatic rings. The van der Waals surface area contributed by atoms with E-state index in [1.165, 1.54) is 34.9 Å². The minimum Gasteiger partial charge on any atom is -0.464 e. The van der Waals surface area contributed by atoms with Crippen LogP contribution in [0.25, 0.3) is 16.5 Å². The quantitative estimate of drug-likeness (QED) is 0.656. The highest BCUT2D eigenvalue weighted by Crippen LogP contribution is 2.41. The maximum Gasteiger partial charge on any atom is 0.134 e. The van der Waals surface area contributed by atoms with E-state index in [1.54, 1.807) is 0 Å². The molecule has 0 amide bonds. The Morgan fingerprint density at radius 2 is 1.79 bits per heavy atom. The van der Waals surface area contributed by atoms with Crippen LogP contribution in [-0.2, 0) is 6.54 Å². The van der Waals surface area contributed by atoms with Gasteiger partial charge in [0.25, 0.3) is 0 Å². The molecule has 0 N–H and O–H groups in total. The first-order valence-corrected chi connectivity index (χ1v) is 8.85. The molecule has 2 aromatic carbocycles. The fourth-order valence-electron chi connectivity index (χ4n) is 4.38. The van der Waals surface area contributed by atoms with E-state index in [0.29, 0.717) is 12.1 Å². The van der Waals surface area contributed by atoms with E-state index in [2.05, 4.69) is 59.5 Å². The molecule has 2 atom stereocenters. The lowest BCUT2D eigenvalue weighted by molar-refractivity contribution is 0.203. The summed E-state index contributed by atoms with van der Waals surface area (Å²) in [6.45, 7) is 1.06. The van der Waals surface area contributed by atoms with Gasteiger partial charge in [-0.3, -0.25) is 4.90 Å². The number of rotatable bonds is 3. The number of para-hydroxylation sites is 1. The molecular weight excluding hydrogens is 294 g/mol. The molecule has 5 rings (SSSR count). The number of furan rings is 1. The zero-order chi connectivity index (χ0) is 15.9. The molecule has 2 bridgehead atoms. The first-order valence-electron chi connectivity index (χ1n) is 8.85. The minimum absolute atomic E-state index is 0.563. The number of hydrogen-bond acceptors (Lipinski definition) is 2. The van der Waals surface area contributed by atoms with Gasteiger partial charge in [0.1, 0.15) is 5.58 Å². The van der Waals surface area contributed by atoms with Gasteiger partial charge >= 0.3 is 0 Å². The van der Waals surface area contributed by atoms with E-state index in [0.717, 1.165) is 18.5 Å². The van der Waals surface area contributed by atoms with E-state index in [-0.39, 0.29) is 0 Å². The summed E-state index contributed by atoms with van der Waals surface area (Å²) in [4.78, 5) is 2.68. The van der Waals surface area contributed by atoms with Crippen molar-refractivity contribution in [1.29, 1.82) is 0 Å². The fourth-order valence-corrected chi connectivity index (χ4v) is 4.38. The van der Waals surface area contributed by atoms with Crippen molar-refractivity contribution in [3.05, 3.63) is 78.1 Å². The van der Waals surface area contributed by atoms with Crippen LogP contribution >= 0.6 is 0 Å². The van der Waals surface area contributed by atoms with Gasteiger partial charge in [-0.05, 0) is 36.5 Å².